The molecule has 0 spiro atoms. The summed E-state index contributed by atoms with van der Waals surface area (Å²) in [6.07, 6.45) is 0. The van der Waals surface area contributed by atoms with E-state index in [1.165, 1.54) is 11.3 Å². The Bertz CT molecular complexity index is 1360. The largest absolute Gasteiger partial charge is 0.361 e. The Morgan fingerprint density at radius 2 is 1.80 bits per heavy atom. The lowest BCUT2D eigenvalue weighted by molar-refractivity contribution is -0.113. The van der Waals surface area contributed by atoms with Crippen LogP contribution in [0.5, 0.6) is 0 Å². The van der Waals surface area contributed by atoms with Crippen molar-refractivity contribution in [1.82, 2.24) is 5.32 Å². The molecule has 0 radical (unpaired) electrons. The molecule has 0 saturated carbocycles. The SMILES string of the molecule is CC1=C(C(=O)Nc2ccccc2C)C(c2cccs2)C(C#N)=C(CSC(=O)c2ccc(C)cc2)N1. The van der Waals surface area contributed by atoms with E-state index < -0.39 is 5.92 Å². The number of nitrogens with one attached hydrogen (secondary N) is 2. The third-order valence-corrected chi connectivity index (χ3v) is 7.73. The van der Waals surface area contributed by atoms with Crippen LogP contribution in [-0.4, -0.2) is 16.8 Å². The van der Waals surface area contributed by atoms with Gasteiger partial charge < -0.3 is 10.6 Å². The van der Waals surface area contributed by atoms with Gasteiger partial charge in [0.1, 0.15) is 0 Å². The van der Waals surface area contributed by atoms with Crippen LogP contribution >= 0.6 is 23.1 Å². The molecule has 1 aliphatic rings. The van der Waals surface area contributed by atoms with Gasteiger partial charge in [-0.3, -0.25) is 9.59 Å². The lowest BCUT2D eigenvalue weighted by Crippen LogP contribution is -2.32. The van der Waals surface area contributed by atoms with Gasteiger partial charge >= 0.3 is 0 Å². The number of aryl methyl sites for hydroxylation is 2. The smallest absolute Gasteiger partial charge is 0.254 e. The molecule has 1 aliphatic heterocycles. The van der Waals surface area contributed by atoms with Crippen LogP contribution in [0.1, 0.15) is 39.2 Å². The number of carbonyl (C=O) groups excluding carboxylic acids is 2. The number of rotatable bonds is 6. The summed E-state index contributed by atoms with van der Waals surface area (Å²) < 4.78 is 0. The summed E-state index contributed by atoms with van der Waals surface area (Å²) >= 11 is 2.65. The van der Waals surface area contributed by atoms with Gasteiger partial charge in [0.15, 0.2) is 0 Å². The zero-order valence-corrected chi connectivity index (χ0v) is 21.3. The molecule has 1 aromatic heterocycles. The predicted molar refractivity (Wildman–Crippen MR) is 143 cm³/mol. The van der Waals surface area contributed by atoms with Crippen molar-refractivity contribution in [2.75, 3.05) is 11.1 Å². The van der Waals surface area contributed by atoms with Crippen LogP contribution in [0.3, 0.4) is 0 Å². The average molecular weight is 500 g/mol. The fraction of sp³-hybridized carbons (Fsp3) is 0.179. The Kier molecular flexibility index (Phi) is 7.54. The number of benzene rings is 2. The summed E-state index contributed by atoms with van der Waals surface area (Å²) in [5, 5.41) is 18.3. The summed E-state index contributed by atoms with van der Waals surface area (Å²) in [5.41, 5.74) is 5.69. The summed E-state index contributed by atoms with van der Waals surface area (Å²) in [7, 11) is 0. The number of amides is 1. The Morgan fingerprint density at radius 3 is 2.46 bits per heavy atom. The van der Waals surface area contributed by atoms with E-state index in [2.05, 4.69) is 16.7 Å². The molecule has 1 atom stereocenters. The van der Waals surface area contributed by atoms with Crippen molar-refractivity contribution in [3.8, 4) is 6.07 Å². The van der Waals surface area contributed by atoms with E-state index in [0.29, 0.717) is 33.9 Å². The van der Waals surface area contributed by atoms with E-state index in [1.807, 2.05) is 86.8 Å². The highest BCUT2D eigenvalue weighted by Crippen LogP contribution is 2.41. The van der Waals surface area contributed by atoms with Crippen molar-refractivity contribution in [3.63, 3.8) is 0 Å². The lowest BCUT2D eigenvalue weighted by Gasteiger charge is -2.29. The van der Waals surface area contributed by atoms with Gasteiger partial charge in [-0.15, -0.1) is 11.3 Å². The zero-order chi connectivity index (χ0) is 24.9. The van der Waals surface area contributed by atoms with Gasteiger partial charge in [0, 0.05) is 38.8 Å². The third-order valence-electron chi connectivity index (χ3n) is 5.87. The minimum absolute atomic E-state index is 0.0611. The van der Waals surface area contributed by atoms with Crippen LogP contribution < -0.4 is 10.6 Å². The second-order valence-electron chi connectivity index (χ2n) is 8.33. The number of hydrogen-bond acceptors (Lipinski definition) is 6. The maximum atomic E-state index is 13.5. The van der Waals surface area contributed by atoms with E-state index >= 15 is 0 Å². The van der Waals surface area contributed by atoms with Crippen molar-refractivity contribution >= 4 is 39.8 Å². The molecule has 176 valence electrons. The molecule has 0 fully saturated rings. The number of nitriles is 1. The molecular formula is C28H25N3O2S2. The van der Waals surface area contributed by atoms with Gasteiger partial charge in [-0.25, -0.2) is 0 Å². The molecule has 2 heterocycles. The summed E-state index contributed by atoms with van der Waals surface area (Å²) in [5.74, 6) is -0.449. The fourth-order valence-electron chi connectivity index (χ4n) is 4.00. The Morgan fingerprint density at radius 1 is 1.06 bits per heavy atom. The van der Waals surface area contributed by atoms with Gasteiger partial charge in [0.2, 0.25) is 5.12 Å². The first-order chi connectivity index (χ1) is 16.9. The monoisotopic (exact) mass is 499 g/mol. The Balaban J connectivity index is 1.64. The molecule has 2 N–H and O–H groups in total. The van der Waals surface area contributed by atoms with E-state index in [-0.39, 0.29) is 11.0 Å². The average Bonchev–Trinajstić information content (AvgIpc) is 3.38. The second-order valence-corrected chi connectivity index (χ2v) is 10.3. The molecule has 0 saturated heterocycles. The number of para-hydroxylation sites is 1. The zero-order valence-electron chi connectivity index (χ0n) is 19.7. The van der Waals surface area contributed by atoms with E-state index in [4.69, 9.17) is 0 Å². The first kappa shape index (κ1) is 24.5. The van der Waals surface area contributed by atoms with Crippen molar-refractivity contribution in [3.05, 3.63) is 110 Å². The molecule has 0 bridgehead atoms. The number of nitrogens with zero attached hydrogens (tertiary/aromatic N) is 1. The molecule has 1 amide bonds. The van der Waals surface area contributed by atoms with Crippen LogP contribution in [0.25, 0.3) is 0 Å². The summed E-state index contributed by atoms with van der Waals surface area (Å²) in [6.45, 7) is 5.76. The number of allylic oxidation sites excluding steroid dienone is 2. The summed E-state index contributed by atoms with van der Waals surface area (Å²) in [4.78, 5) is 27.1. The minimum Gasteiger partial charge on any atom is -0.361 e. The molecule has 2 aromatic carbocycles. The van der Waals surface area contributed by atoms with E-state index in [9.17, 15) is 14.9 Å². The van der Waals surface area contributed by atoms with Crippen molar-refractivity contribution in [1.29, 1.82) is 5.26 Å². The number of thioether (sulfide) groups is 1. The predicted octanol–water partition coefficient (Wildman–Crippen LogP) is 6.32. The van der Waals surface area contributed by atoms with E-state index in [0.717, 1.165) is 33.5 Å². The first-order valence-corrected chi connectivity index (χ1v) is 13.0. The number of hydrogen-bond donors (Lipinski definition) is 2. The number of carbonyl (C=O) groups is 2. The molecule has 5 nitrogen and oxygen atoms in total. The molecule has 0 aliphatic carbocycles. The van der Waals surface area contributed by atoms with E-state index in [1.54, 1.807) is 0 Å². The molecule has 4 rings (SSSR count). The Hall–Kier alpha value is -3.60. The molecule has 3 aromatic rings. The highest BCUT2D eigenvalue weighted by atomic mass is 32.2. The second kappa shape index (κ2) is 10.8. The van der Waals surface area contributed by atoms with Crippen molar-refractivity contribution < 1.29 is 9.59 Å². The number of thiophene rings is 1. The molecular weight excluding hydrogens is 474 g/mol. The standard InChI is InChI=1S/C28H25N3O2S2/c1-17-10-12-20(13-11-17)28(33)35-16-23-21(15-29)26(24-9-6-14-34-24)25(19(3)30-23)27(32)31-22-8-5-4-7-18(22)2/h4-14,26,30H,16H2,1-3H3,(H,31,32). The van der Waals surface area contributed by atoms with Crippen molar-refractivity contribution in [2.24, 2.45) is 0 Å². The Labute approximate surface area is 213 Å². The van der Waals surface area contributed by atoms with Gasteiger partial charge in [0.25, 0.3) is 5.91 Å². The maximum Gasteiger partial charge on any atom is 0.254 e. The van der Waals surface area contributed by atoms with Gasteiger partial charge in [0.05, 0.1) is 17.6 Å². The normalized spacial score (nSPS) is 15.4. The number of anilines is 1. The van der Waals surface area contributed by atoms with Crippen LogP contribution in [0, 0.1) is 25.2 Å². The van der Waals surface area contributed by atoms with Crippen LogP contribution in [-0.2, 0) is 4.79 Å². The van der Waals surface area contributed by atoms with Gasteiger partial charge in [-0.2, -0.15) is 5.26 Å². The first-order valence-electron chi connectivity index (χ1n) is 11.1. The summed E-state index contributed by atoms with van der Waals surface area (Å²) in [6, 6.07) is 21.2. The maximum absolute atomic E-state index is 13.5. The fourth-order valence-corrected chi connectivity index (χ4v) is 5.65. The molecule has 1 unspecified atom stereocenters. The van der Waals surface area contributed by atoms with Crippen LogP contribution in [0.4, 0.5) is 5.69 Å². The quantitative estimate of drug-likeness (QED) is 0.415. The molecule has 7 heteroatoms. The lowest BCUT2D eigenvalue weighted by atomic mass is 9.84. The van der Waals surface area contributed by atoms with Gasteiger partial charge in [-0.1, -0.05) is 65.9 Å². The van der Waals surface area contributed by atoms with Crippen LogP contribution in [0.2, 0.25) is 0 Å². The van der Waals surface area contributed by atoms with Gasteiger partial charge in [-0.05, 0) is 43.8 Å². The molecule has 35 heavy (non-hydrogen) atoms. The highest BCUT2D eigenvalue weighted by molar-refractivity contribution is 8.14. The number of dihydropyridines is 1. The van der Waals surface area contributed by atoms with Crippen LogP contribution in [0.15, 0.2) is 88.6 Å². The third kappa shape index (κ3) is 5.40. The highest BCUT2D eigenvalue weighted by Gasteiger charge is 2.35. The van der Waals surface area contributed by atoms with Crippen molar-refractivity contribution in [2.45, 2.75) is 26.7 Å². The minimum atomic E-state index is -0.504. The topological polar surface area (TPSA) is 82.0 Å².